The monoisotopic (exact) mass is 265 g/mol. The van der Waals surface area contributed by atoms with Crippen molar-refractivity contribution in [3.63, 3.8) is 0 Å². The third-order valence-corrected chi connectivity index (χ3v) is 3.51. The molecule has 0 saturated carbocycles. The normalized spacial score (nSPS) is 22.5. The van der Waals surface area contributed by atoms with Gasteiger partial charge >= 0.3 is 7.12 Å². The van der Waals surface area contributed by atoms with Crippen molar-refractivity contribution in [2.24, 2.45) is 10.7 Å². The number of nitrogens with two attached hydrogens (primary N) is 1. The Morgan fingerprint density at radius 3 is 2.05 bits per heavy atom. The average Bonchev–Trinajstić information content (AvgIpc) is 2.48. The average molecular weight is 265 g/mol. The van der Waals surface area contributed by atoms with Gasteiger partial charge in [0.05, 0.1) is 16.8 Å². The van der Waals surface area contributed by atoms with E-state index in [4.69, 9.17) is 15.0 Å². The number of likely N-dealkylation sites (N-methyl/N-ethyl adjacent to an activating group) is 1. The highest BCUT2D eigenvalue weighted by molar-refractivity contribution is 6.54. The molecule has 0 bridgehead atoms. The molecule has 5 nitrogen and oxygen atoms in total. The van der Waals surface area contributed by atoms with Crippen LogP contribution in [0.1, 0.15) is 27.7 Å². The Hall–Kier alpha value is -1.27. The molecule has 0 aromatic carbocycles. The SMILES string of the molecule is C=C/C(=N\C=C(/N)B1OC(C)(C)C(C)(C)O1)N(C)C. The molecule has 6 heteroatoms. The first-order valence-electron chi connectivity index (χ1n) is 6.29. The van der Waals surface area contributed by atoms with E-state index >= 15 is 0 Å². The van der Waals surface area contributed by atoms with Crippen LogP contribution >= 0.6 is 0 Å². The van der Waals surface area contributed by atoms with Crippen LogP contribution in [0.5, 0.6) is 0 Å². The molecule has 19 heavy (non-hydrogen) atoms. The molecule has 0 radical (unpaired) electrons. The Kier molecular flexibility index (Phi) is 4.48. The zero-order chi connectivity index (χ0) is 14.8. The molecule has 0 unspecified atom stereocenters. The molecule has 0 spiro atoms. The first-order chi connectivity index (χ1) is 8.60. The van der Waals surface area contributed by atoms with Crippen LogP contribution in [-0.2, 0) is 9.31 Å². The predicted octanol–water partition coefficient (Wildman–Crippen LogP) is 1.56. The molecule has 0 amide bonds. The lowest BCUT2D eigenvalue weighted by Crippen LogP contribution is -2.41. The Morgan fingerprint density at radius 1 is 1.21 bits per heavy atom. The minimum absolute atomic E-state index is 0.400. The molecule has 0 aromatic rings. The largest absolute Gasteiger partial charge is 0.513 e. The predicted molar refractivity (Wildman–Crippen MR) is 79.7 cm³/mol. The summed E-state index contributed by atoms with van der Waals surface area (Å²) in [6, 6.07) is 0. The van der Waals surface area contributed by atoms with Gasteiger partial charge in [0.1, 0.15) is 5.84 Å². The lowest BCUT2D eigenvalue weighted by molar-refractivity contribution is 0.00578. The Morgan fingerprint density at radius 2 is 1.68 bits per heavy atom. The Balaban J connectivity index is 2.86. The van der Waals surface area contributed by atoms with Gasteiger partial charge in [0.2, 0.25) is 0 Å². The number of nitrogens with zero attached hydrogens (tertiary/aromatic N) is 2. The van der Waals surface area contributed by atoms with Crippen molar-refractivity contribution < 1.29 is 9.31 Å². The molecule has 0 aliphatic carbocycles. The molecular formula is C13H24BN3O2. The Labute approximate surface area is 116 Å². The van der Waals surface area contributed by atoms with Crippen molar-refractivity contribution in [2.75, 3.05) is 14.1 Å². The maximum Gasteiger partial charge on any atom is 0.513 e. The molecule has 1 aliphatic heterocycles. The summed E-state index contributed by atoms with van der Waals surface area (Å²) in [6.07, 6.45) is 3.22. The minimum Gasteiger partial charge on any atom is -0.404 e. The van der Waals surface area contributed by atoms with Crippen LogP contribution in [-0.4, -0.2) is 43.2 Å². The summed E-state index contributed by atoms with van der Waals surface area (Å²) in [6.45, 7) is 11.6. The van der Waals surface area contributed by atoms with Crippen molar-refractivity contribution in [1.29, 1.82) is 0 Å². The van der Waals surface area contributed by atoms with Gasteiger partial charge in [-0.2, -0.15) is 0 Å². The van der Waals surface area contributed by atoms with Crippen LogP contribution < -0.4 is 5.73 Å². The zero-order valence-corrected chi connectivity index (χ0v) is 12.7. The molecule has 1 saturated heterocycles. The zero-order valence-electron chi connectivity index (χ0n) is 12.7. The molecule has 1 heterocycles. The van der Waals surface area contributed by atoms with E-state index in [2.05, 4.69) is 11.6 Å². The van der Waals surface area contributed by atoms with E-state index in [1.54, 1.807) is 12.3 Å². The van der Waals surface area contributed by atoms with Gasteiger partial charge in [0.15, 0.2) is 0 Å². The van der Waals surface area contributed by atoms with E-state index in [1.165, 1.54) is 0 Å². The van der Waals surface area contributed by atoms with Gasteiger partial charge in [0, 0.05) is 20.3 Å². The maximum atomic E-state index is 5.98. The highest BCUT2D eigenvalue weighted by atomic mass is 16.7. The van der Waals surface area contributed by atoms with Crippen molar-refractivity contribution in [3.8, 4) is 0 Å². The summed E-state index contributed by atoms with van der Waals surface area (Å²) in [7, 11) is 3.21. The lowest BCUT2D eigenvalue weighted by Gasteiger charge is -2.32. The standard InChI is InChI=1S/C13H24BN3O2/c1-8-11(17(6)7)16-9-10(15)14-18-12(2,3)13(4,5)19-14/h8-9H,1,15H2,2-7H3/b10-9-,16-11+. The minimum atomic E-state index is -0.568. The van der Waals surface area contributed by atoms with Crippen molar-refractivity contribution in [1.82, 2.24) is 4.90 Å². The number of rotatable bonds is 3. The first kappa shape index (κ1) is 15.8. The van der Waals surface area contributed by atoms with Gasteiger partial charge in [-0.3, -0.25) is 0 Å². The molecule has 106 valence electrons. The van der Waals surface area contributed by atoms with Crippen LogP contribution in [0, 0.1) is 0 Å². The number of hydrogen-bond acceptors (Lipinski definition) is 4. The molecule has 1 aliphatic rings. The quantitative estimate of drug-likeness (QED) is 0.478. The fraction of sp³-hybridized carbons (Fsp3) is 0.615. The number of hydrogen-bond donors (Lipinski definition) is 1. The summed E-state index contributed by atoms with van der Waals surface area (Å²) in [5.74, 6) is 0.722. The van der Waals surface area contributed by atoms with Gasteiger partial charge in [0.25, 0.3) is 0 Å². The van der Waals surface area contributed by atoms with Crippen LogP contribution in [0.2, 0.25) is 0 Å². The fourth-order valence-corrected chi connectivity index (χ4v) is 1.53. The van der Waals surface area contributed by atoms with Crippen molar-refractivity contribution >= 4 is 13.0 Å². The van der Waals surface area contributed by atoms with Crippen molar-refractivity contribution in [2.45, 2.75) is 38.9 Å². The third kappa shape index (κ3) is 3.39. The van der Waals surface area contributed by atoms with E-state index < -0.39 is 18.3 Å². The van der Waals surface area contributed by atoms with Gasteiger partial charge < -0.3 is 19.9 Å². The van der Waals surface area contributed by atoms with Crippen LogP contribution in [0.25, 0.3) is 0 Å². The van der Waals surface area contributed by atoms with Gasteiger partial charge in [-0.05, 0) is 33.8 Å². The second-order valence-corrected chi connectivity index (χ2v) is 5.80. The molecular weight excluding hydrogens is 241 g/mol. The molecule has 0 atom stereocenters. The summed E-state index contributed by atoms with van der Waals surface area (Å²) >= 11 is 0. The van der Waals surface area contributed by atoms with Gasteiger partial charge in [-0.1, -0.05) is 6.58 Å². The highest BCUT2D eigenvalue weighted by Gasteiger charge is 2.52. The maximum absolute atomic E-state index is 5.98. The van der Waals surface area contributed by atoms with Crippen molar-refractivity contribution in [3.05, 3.63) is 24.5 Å². The summed E-state index contributed by atoms with van der Waals surface area (Å²) in [4.78, 5) is 6.11. The molecule has 1 rings (SSSR count). The van der Waals surface area contributed by atoms with Gasteiger partial charge in [-0.25, -0.2) is 4.99 Å². The van der Waals surface area contributed by atoms with Gasteiger partial charge in [-0.15, -0.1) is 0 Å². The second kappa shape index (κ2) is 5.39. The molecule has 1 fully saturated rings. The fourth-order valence-electron chi connectivity index (χ4n) is 1.53. The van der Waals surface area contributed by atoms with Crippen LogP contribution in [0.3, 0.4) is 0 Å². The highest BCUT2D eigenvalue weighted by Crippen LogP contribution is 2.37. The van der Waals surface area contributed by atoms with E-state index in [-0.39, 0.29) is 0 Å². The van der Waals surface area contributed by atoms with E-state index in [0.717, 1.165) is 5.84 Å². The lowest BCUT2D eigenvalue weighted by atomic mass is 9.86. The topological polar surface area (TPSA) is 60.1 Å². The smallest absolute Gasteiger partial charge is 0.404 e. The van der Waals surface area contributed by atoms with E-state index in [1.807, 2.05) is 46.7 Å². The first-order valence-corrected chi connectivity index (χ1v) is 6.29. The number of amidine groups is 1. The molecule has 0 aromatic heterocycles. The van der Waals surface area contributed by atoms with Crippen LogP contribution in [0.15, 0.2) is 29.4 Å². The second-order valence-electron chi connectivity index (χ2n) is 5.80. The molecule has 2 N–H and O–H groups in total. The summed E-state index contributed by atoms with van der Waals surface area (Å²) in [5, 5.41) is 0. The summed E-state index contributed by atoms with van der Waals surface area (Å²) < 4.78 is 11.7. The number of aliphatic imine (C=N–C) groups is 1. The Bertz CT molecular complexity index is 398. The van der Waals surface area contributed by atoms with Crippen LogP contribution in [0.4, 0.5) is 0 Å². The van der Waals surface area contributed by atoms with E-state index in [0.29, 0.717) is 5.60 Å². The van der Waals surface area contributed by atoms with E-state index in [9.17, 15) is 0 Å². The summed E-state index contributed by atoms with van der Waals surface area (Å²) in [5.41, 5.74) is 5.62. The third-order valence-electron chi connectivity index (χ3n) is 3.51.